The summed E-state index contributed by atoms with van der Waals surface area (Å²) in [7, 11) is 1.57. The minimum Gasteiger partial charge on any atom is -0.495 e. The largest absolute Gasteiger partial charge is 0.495 e. The van der Waals surface area contributed by atoms with Crippen LogP contribution in [0.4, 0.5) is 17.1 Å². The molecule has 3 N–H and O–H groups in total. The molecule has 0 spiro atoms. The highest BCUT2D eigenvalue weighted by atomic mass is 16.5. The topological polar surface area (TPSA) is 71.1 Å². The van der Waals surface area contributed by atoms with Gasteiger partial charge in [0.25, 0.3) is 0 Å². The van der Waals surface area contributed by atoms with Crippen molar-refractivity contribution >= 4 is 17.1 Å². The molecule has 2 aromatic rings. The Morgan fingerprint density at radius 1 is 1.26 bits per heavy atom. The molecule has 19 heavy (non-hydrogen) atoms. The highest BCUT2D eigenvalue weighted by molar-refractivity contribution is 5.71. The molecule has 0 atom stereocenters. The number of nitrogens with two attached hydrogens (primary N) is 1. The summed E-state index contributed by atoms with van der Waals surface area (Å²) < 4.78 is 5.17. The van der Waals surface area contributed by atoms with Gasteiger partial charge in [-0.05, 0) is 30.7 Å². The molecule has 4 nitrogen and oxygen atoms in total. The Labute approximate surface area is 112 Å². The van der Waals surface area contributed by atoms with Crippen LogP contribution in [0.1, 0.15) is 11.1 Å². The summed E-state index contributed by atoms with van der Waals surface area (Å²) in [5.41, 5.74) is 9.53. The van der Waals surface area contributed by atoms with E-state index in [1.807, 2.05) is 31.2 Å². The number of nitriles is 1. The standard InChI is InChI=1S/C15H15N3O/c1-10-4-3-5-14(12(10)9-16)18-11-6-7-13(17)15(8-11)19-2/h3-8,18H,17H2,1-2H3. The Hall–Kier alpha value is -2.67. The summed E-state index contributed by atoms with van der Waals surface area (Å²) in [6.45, 7) is 1.91. The second kappa shape index (κ2) is 5.32. The number of hydrogen-bond acceptors (Lipinski definition) is 4. The molecule has 0 aliphatic rings. The summed E-state index contributed by atoms with van der Waals surface area (Å²) in [6.07, 6.45) is 0. The van der Waals surface area contributed by atoms with Crippen LogP contribution >= 0.6 is 0 Å². The van der Waals surface area contributed by atoms with E-state index in [0.717, 1.165) is 16.9 Å². The highest BCUT2D eigenvalue weighted by Crippen LogP contribution is 2.28. The molecular formula is C15H15N3O. The van der Waals surface area contributed by atoms with Crippen molar-refractivity contribution in [2.75, 3.05) is 18.2 Å². The molecule has 0 aliphatic carbocycles. The fraction of sp³-hybridized carbons (Fsp3) is 0.133. The predicted molar refractivity (Wildman–Crippen MR) is 76.6 cm³/mol. The number of benzene rings is 2. The van der Waals surface area contributed by atoms with Gasteiger partial charge in [0.1, 0.15) is 11.8 Å². The monoisotopic (exact) mass is 253 g/mol. The summed E-state index contributed by atoms with van der Waals surface area (Å²) in [5.74, 6) is 0.608. The molecule has 0 aliphatic heterocycles. The Kier molecular flexibility index (Phi) is 3.58. The molecule has 0 heterocycles. The Morgan fingerprint density at radius 2 is 2.05 bits per heavy atom. The molecule has 0 amide bonds. The minimum absolute atomic E-state index is 0.581. The van der Waals surface area contributed by atoms with Gasteiger partial charge < -0.3 is 15.8 Å². The minimum atomic E-state index is 0.581. The van der Waals surface area contributed by atoms with E-state index in [9.17, 15) is 5.26 Å². The van der Waals surface area contributed by atoms with Gasteiger partial charge in [0.05, 0.1) is 24.0 Å². The second-order valence-corrected chi connectivity index (χ2v) is 4.19. The number of ether oxygens (including phenoxy) is 1. The maximum absolute atomic E-state index is 9.19. The van der Waals surface area contributed by atoms with E-state index in [1.54, 1.807) is 19.2 Å². The zero-order chi connectivity index (χ0) is 13.8. The van der Waals surface area contributed by atoms with Gasteiger partial charge in [0.15, 0.2) is 0 Å². The Balaban J connectivity index is 2.37. The van der Waals surface area contributed by atoms with Gasteiger partial charge in [-0.3, -0.25) is 0 Å². The summed E-state index contributed by atoms with van der Waals surface area (Å²) in [4.78, 5) is 0. The lowest BCUT2D eigenvalue weighted by atomic mass is 10.1. The molecule has 0 saturated carbocycles. The molecule has 2 aromatic carbocycles. The van der Waals surface area contributed by atoms with Crippen LogP contribution in [0.5, 0.6) is 5.75 Å². The van der Waals surface area contributed by atoms with Crippen molar-refractivity contribution in [3.8, 4) is 11.8 Å². The van der Waals surface area contributed by atoms with E-state index in [2.05, 4.69) is 11.4 Å². The van der Waals surface area contributed by atoms with Crippen molar-refractivity contribution < 1.29 is 4.74 Å². The van der Waals surface area contributed by atoms with Crippen molar-refractivity contribution in [1.82, 2.24) is 0 Å². The van der Waals surface area contributed by atoms with Crippen LogP contribution in [0.25, 0.3) is 0 Å². The summed E-state index contributed by atoms with van der Waals surface area (Å²) in [5, 5.41) is 12.4. The number of anilines is 3. The van der Waals surface area contributed by atoms with E-state index >= 15 is 0 Å². The number of aryl methyl sites for hydroxylation is 1. The zero-order valence-electron chi connectivity index (χ0n) is 10.9. The molecule has 96 valence electrons. The van der Waals surface area contributed by atoms with Gasteiger partial charge in [-0.1, -0.05) is 12.1 Å². The fourth-order valence-corrected chi connectivity index (χ4v) is 1.86. The number of hydrogen-bond donors (Lipinski definition) is 2. The Morgan fingerprint density at radius 3 is 2.74 bits per heavy atom. The zero-order valence-corrected chi connectivity index (χ0v) is 10.9. The van der Waals surface area contributed by atoms with Crippen LogP contribution in [0.2, 0.25) is 0 Å². The third-order valence-electron chi connectivity index (χ3n) is 2.90. The van der Waals surface area contributed by atoms with Crippen LogP contribution in [-0.4, -0.2) is 7.11 Å². The van der Waals surface area contributed by atoms with Gasteiger partial charge in [0, 0.05) is 11.8 Å². The maximum atomic E-state index is 9.19. The molecule has 0 fully saturated rings. The maximum Gasteiger partial charge on any atom is 0.143 e. The molecule has 0 radical (unpaired) electrons. The van der Waals surface area contributed by atoms with E-state index in [-0.39, 0.29) is 0 Å². The SMILES string of the molecule is COc1cc(Nc2cccc(C)c2C#N)ccc1N. The Bertz CT molecular complexity index is 644. The van der Waals surface area contributed by atoms with Crippen molar-refractivity contribution in [3.05, 3.63) is 47.5 Å². The van der Waals surface area contributed by atoms with Crippen molar-refractivity contribution in [2.24, 2.45) is 0 Å². The van der Waals surface area contributed by atoms with Crippen molar-refractivity contribution in [3.63, 3.8) is 0 Å². The van der Waals surface area contributed by atoms with Gasteiger partial charge in [0.2, 0.25) is 0 Å². The first-order chi connectivity index (χ1) is 9.15. The van der Waals surface area contributed by atoms with Crippen molar-refractivity contribution in [2.45, 2.75) is 6.92 Å². The highest BCUT2D eigenvalue weighted by Gasteiger charge is 2.06. The molecule has 0 bridgehead atoms. The predicted octanol–water partition coefficient (Wildman–Crippen LogP) is 3.20. The average molecular weight is 253 g/mol. The van der Waals surface area contributed by atoms with Gasteiger partial charge in [-0.2, -0.15) is 5.26 Å². The number of nitrogens with zero attached hydrogens (tertiary/aromatic N) is 1. The summed E-state index contributed by atoms with van der Waals surface area (Å²) >= 11 is 0. The van der Waals surface area contributed by atoms with E-state index < -0.39 is 0 Å². The molecule has 2 rings (SSSR count). The van der Waals surface area contributed by atoms with Gasteiger partial charge in [-0.15, -0.1) is 0 Å². The quantitative estimate of drug-likeness (QED) is 0.824. The molecule has 0 saturated heterocycles. The first kappa shape index (κ1) is 12.8. The third kappa shape index (κ3) is 2.61. The lowest BCUT2D eigenvalue weighted by molar-refractivity contribution is 0.417. The van der Waals surface area contributed by atoms with Gasteiger partial charge >= 0.3 is 0 Å². The normalized spacial score (nSPS) is 9.74. The van der Waals surface area contributed by atoms with Crippen LogP contribution in [0.15, 0.2) is 36.4 Å². The number of rotatable bonds is 3. The lowest BCUT2D eigenvalue weighted by Crippen LogP contribution is -1.97. The average Bonchev–Trinajstić information content (AvgIpc) is 2.41. The van der Waals surface area contributed by atoms with E-state index in [4.69, 9.17) is 10.5 Å². The smallest absolute Gasteiger partial charge is 0.143 e. The van der Waals surface area contributed by atoms with Crippen molar-refractivity contribution in [1.29, 1.82) is 5.26 Å². The summed E-state index contributed by atoms with van der Waals surface area (Å²) in [6, 6.07) is 13.3. The number of methoxy groups -OCH3 is 1. The van der Waals surface area contributed by atoms with Crippen LogP contribution in [-0.2, 0) is 0 Å². The number of nitrogens with one attached hydrogen (secondary N) is 1. The fourth-order valence-electron chi connectivity index (χ4n) is 1.86. The molecule has 0 aromatic heterocycles. The molecule has 4 heteroatoms. The number of nitrogen functional groups attached to an aromatic ring is 1. The van der Waals surface area contributed by atoms with E-state index in [0.29, 0.717) is 17.0 Å². The third-order valence-corrected chi connectivity index (χ3v) is 2.90. The van der Waals surface area contributed by atoms with E-state index in [1.165, 1.54) is 0 Å². The van der Waals surface area contributed by atoms with Crippen LogP contribution < -0.4 is 15.8 Å². The first-order valence-electron chi connectivity index (χ1n) is 5.86. The molecular weight excluding hydrogens is 238 g/mol. The van der Waals surface area contributed by atoms with Crippen LogP contribution in [0, 0.1) is 18.3 Å². The van der Waals surface area contributed by atoms with Gasteiger partial charge in [-0.25, -0.2) is 0 Å². The second-order valence-electron chi connectivity index (χ2n) is 4.19. The lowest BCUT2D eigenvalue weighted by Gasteiger charge is -2.12. The first-order valence-corrected chi connectivity index (χ1v) is 5.86. The molecule has 0 unspecified atom stereocenters. The van der Waals surface area contributed by atoms with Crippen LogP contribution in [0.3, 0.4) is 0 Å².